The molecule has 0 spiro atoms. The van der Waals surface area contributed by atoms with Crippen molar-refractivity contribution in [3.63, 3.8) is 0 Å². The van der Waals surface area contributed by atoms with Crippen LogP contribution in [0.25, 0.3) is 10.4 Å². The van der Waals surface area contributed by atoms with Crippen LogP contribution in [0.4, 0.5) is 0 Å². The fraction of sp³-hybridized carbons (Fsp3) is 0.833. The molecule has 0 saturated heterocycles. The highest BCUT2D eigenvalue weighted by molar-refractivity contribution is 5.73. The summed E-state index contributed by atoms with van der Waals surface area (Å²) in [7, 11) is 0. The van der Waals surface area contributed by atoms with E-state index in [0.717, 1.165) is 0 Å². The van der Waals surface area contributed by atoms with E-state index in [-0.39, 0.29) is 26.3 Å². The Bertz CT molecular complexity index is 220. The minimum Gasteiger partial charge on any atom is -0.480 e. The van der Waals surface area contributed by atoms with Gasteiger partial charge in [0.25, 0.3) is 0 Å². The molecular formula is C6H12N4O4. The van der Waals surface area contributed by atoms with Gasteiger partial charge in [-0.15, -0.1) is 0 Å². The van der Waals surface area contributed by atoms with Crippen LogP contribution in [0.3, 0.4) is 0 Å². The van der Waals surface area contributed by atoms with E-state index in [1.807, 2.05) is 0 Å². The summed E-state index contributed by atoms with van der Waals surface area (Å²) in [5.41, 5.74) is 8.11. The highest BCUT2D eigenvalue weighted by Crippen LogP contribution is 2.01. The minimum absolute atomic E-state index is 0.0244. The predicted octanol–water partition coefficient (Wildman–Crippen LogP) is -1.01. The molecule has 0 aliphatic carbocycles. The van der Waals surface area contributed by atoms with Gasteiger partial charge < -0.3 is 15.3 Å². The molecule has 0 heterocycles. The van der Waals surface area contributed by atoms with Gasteiger partial charge in [0.2, 0.25) is 0 Å². The molecule has 0 fully saturated rings. The molecular weight excluding hydrogens is 192 g/mol. The van der Waals surface area contributed by atoms with Gasteiger partial charge in [-0.3, -0.25) is 9.69 Å². The normalized spacial score (nSPS) is 12.2. The van der Waals surface area contributed by atoms with Gasteiger partial charge in [0.1, 0.15) is 0 Å². The van der Waals surface area contributed by atoms with Gasteiger partial charge in [-0.1, -0.05) is 5.11 Å². The van der Waals surface area contributed by atoms with E-state index in [1.165, 1.54) is 4.90 Å². The Hall–Kier alpha value is -1.34. The van der Waals surface area contributed by atoms with Crippen molar-refractivity contribution in [2.24, 2.45) is 5.11 Å². The fourth-order valence-corrected chi connectivity index (χ4v) is 0.941. The molecule has 0 amide bonds. The third kappa shape index (κ3) is 4.06. The molecule has 1 unspecified atom stereocenters. The highest BCUT2D eigenvalue weighted by Gasteiger charge is 2.23. The van der Waals surface area contributed by atoms with Gasteiger partial charge in [-0.05, 0) is 5.53 Å². The first kappa shape index (κ1) is 12.7. The van der Waals surface area contributed by atoms with Crippen LogP contribution in [0.2, 0.25) is 0 Å². The number of nitrogens with zero attached hydrogens (tertiary/aromatic N) is 4. The largest absolute Gasteiger partial charge is 0.480 e. The molecule has 0 aromatic carbocycles. The fourth-order valence-electron chi connectivity index (χ4n) is 0.941. The van der Waals surface area contributed by atoms with Crippen molar-refractivity contribution in [1.29, 1.82) is 0 Å². The number of rotatable bonds is 7. The Kier molecular flexibility index (Phi) is 6.42. The van der Waals surface area contributed by atoms with Crippen molar-refractivity contribution in [3.05, 3.63) is 10.4 Å². The molecule has 1 atom stereocenters. The summed E-state index contributed by atoms with van der Waals surface area (Å²) in [5, 5.41) is 28.9. The van der Waals surface area contributed by atoms with Gasteiger partial charge in [0.15, 0.2) is 6.17 Å². The van der Waals surface area contributed by atoms with E-state index in [2.05, 4.69) is 10.0 Å². The lowest BCUT2D eigenvalue weighted by Gasteiger charge is -2.23. The quantitative estimate of drug-likeness (QED) is 0.278. The third-order valence-electron chi connectivity index (χ3n) is 1.50. The standard InChI is InChI=1S/C6H12N4O4/c7-9-8-5(6(13)14)10(1-3-11)2-4-12/h5,11-12H,1-4H2,(H,13,14). The Morgan fingerprint density at radius 3 is 2.21 bits per heavy atom. The number of aliphatic hydroxyl groups is 2. The van der Waals surface area contributed by atoms with Gasteiger partial charge >= 0.3 is 5.97 Å². The van der Waals surface area contributed by atoms with Crippen molar-refractivity contribution in [2.75, 3.05) is 26.3 Å². The summed E-state index contributed by atoms with van der Waals surface area (Å²) in [4.78, 5) is 14.2. The van der Waals surface area contributed by atoms with Crippen LogP contribution < -0.4 is 0 Å². The summed E-state index contributed by atoms with van der Waals surface area (Å²) in [5.74, 6) is -1.32. The molecule has 0 aliphatic heterocycles. The molecule has 3 N–H and O–H groups in total. The lowest BCUT2D eigenvalue weighted by Crippen LogP contribution is -2.42. The van der Waals surface area contributed by atoms with Crippen molar-refractivity contribution < 1.29 is 20.1 Å². The Balaban J connectivity index is 4.53. The summed E-state index contributed by atoms with van der Waals surface area (Å²) in [6, 6.07) is 0. The molecule has 0 saturated carbocycles. The summed E-state index contributed by atoms with van der Waals surface area (Å²) < 4.78 is 0. The molecule has 80 valence electrons. The van der Waals surface area contributed by atoms with E-state index in [0.29, 0.717) is 0 Å². The molecule has 0 aromatic rings. The minimum atomic E-state index is -1.39. The van der Waals surface area contributed by atoms with Gasteiger partial charge in [-0.2, -0.15) is 0 Å². The molecule has 14 heavy (non-hydrogen) atoms. The molecule has 8 nitrogen and oxygen atoms in total. The smallest absolute Gasteiger partial charge is 0.327 e. The molecule has 0 rings (SSSR count). The monoisotopic (exact) mass is 204 g/mol. The first-order valence-corrected chi connectivity index (χ1v) is 3.90. The molecule has 0 bridgehead atoms. The van der Waals surface area contributed by atoms with Crippen LogP contribution in [0.15, 0.2) is 5.11 Å². The maximum Gasteiger partial charge on any atom is 0.327 e. The van der Waals surface area contributed by atoms with E-state index >= 15 is 0 Å². The van der Waals surface area contributed by atoms with E-state index in [4.69, 9.17) is 20.9 Å². The molecule has 0 aliphatic rings. The molecule has 0 aromatic heterocycles. The summed E-state index contributed by atoms with van der Waals surface area (Å²) in [6.45, 7) is -0.497. The zero-order valence-electron chi connectivity index (χ0n) is 7.44. The second-order valence-corrected chi connectivity index (χ2v) is 2.40. The SMILES string of the molecule is [N-]=[N+]=NC(C(=O)O)N(CCO)CCO. The van der Waals surface area contributed by atoms with Gasteiger partial charge in [0.05, 0.1) is 13.2 Å². The Morgan fingerprint density at radius 1 is 1.43 bits per heavy atom. The van der Waals surface area contributed by atoms with E-state index in [9.17, 15) is 4.79 Å². The van der Waals surface area contributed by atoms with Crippen molar-refractivity contribution in [2.45, 2.75) is 6.17 Å². The highest BCUT2D eigenvalue weighted by atomic mass is 16.4. The zero-order valence-corrected chi connectivity index (χ0v) is 7.44. The van der Waals surface area contributed by atoms with Gasteiger partial charge in [-0.25, -0.2) is 0 Å². The maximum absolute atomic E-state index is 10.6. The Morgan fingerprint density at radius 2 is 1.93 bits per heavy atom. The predicted molar refractivity (Wildman–Crippen MR) is 46.3 cm³/mol. The van der Waals surface area contributed by atoms with Crippen LogP contribution in [-0.2, 0) is 4.79 Å². The van der Waals surface area contributed by atoms with Crippen LogP contribution in [0.1, 0.15) is 0 Å². The van der Waals surface area contributed by atoms with Crippen LogP contribution >= 0.6 is 0 Å². The second-order valence-electron chi connectivity index (χ2n) is 2.40. The van der Waals surface area contributed by atoms with Crippen molar-refractivity contribution in [1.82, 2.24) is 4.90 Å². The molecule has 8 heteroatoms. The van der Waals surface area contributed by atoms with Crippen LogP contribution in [0, 0.1) is 0 Å². The number of carbonyl (C=O) groups is 1. The average molecular weight is 204 g/mol. The van der Waals surface area contributed by atoms with Crippen LogP contribution in [0.5, 0.6) is 0 Å². The lowest BCUT2D eigenvalue weighted by atomic mass is 10.4. The van der Waals surface area contributed by atoms with Crippen LogP contribution in [-0.4, -0.2) is 58.7 Å². The zero-order chi connectivity index (χ0) is 11.0. The Labute approximate surface area is 80.0 Å². The molecule has 0 radical (unpaired) electrons. The second kappa shape index (κ2) is 7.10. The third-order valence-corrected chi connectivity index (χ3v) is 1.50. The average Bonchev–Trinajstić information content (AvgIpc) is 2.13. The number of carboxylic acid groups (broad SMARTS) is 1. The number of hydrogen-bond donors (Lipinski definition) is 3. The first-order valence-electron chi connectivity index (χ1n) is 3.90. The topological polar surface area (TPSA) is 130 Å². The number of carboxylic acids is 1. The lowest BCUT2D eigenvalue weighted by molar-refractivity contribution is -0.143. The summed E-state index contributed by atoms with van der Waals surface area (Å²) >= 11 is 0. The van der Waals surface area contributed by atoms with Gasteiger partial charge in [0, 0.05) is 18.0 Å². The van der Waals surface area contributed by atoms with E-state index < -0.39 is 12.1 Å². The summed E-state index contributed by atoms with van der Waals surface area (Å²) in [6.07, 6.45) is -1.39. The van der Waals surface area contributed by atoms with Crippen molar-refractivity contribution >= 4 is 5.97 Å². The number of azide groups is 1. The maximum atomic E-state index is 10.6. The number of hydrogen-bond acceptors (Lipinski definition) is 5. The first-order chi connectivity index (χ1) is 6.67. The van der Waals surface area contributed by atoms with E-state index in [1.54, 1.807) is 0 Å². The number of aliphatic hydroxyl groups excluding tert-OH is 2. The van der Waals surface area contributed by atoms with Crippen molar-refractivity contribution in [3.8, 4) is 0 Å². The number of aliphatic carboxylic acids is 1.